The fraction of sp³-hybridized carbons (Fsp3) is 0.471. The molecule has 3 N–H and O–H groups in total. The molecule has 0 aliphatic heterocycles. The topological polar surface area (TPSA) is 50.9 Å². The second-order valence-corrected chi connectivity index (χ2v) is 6.61. The van der Waals surface area contributed by atoms with Gasteiger partial charge in [-0.05, 0) is 35.9 Å². The van der Waals surface area contributed by atoms with E-state index in [0.717, 1.165) is 22.0 Å². The molecule has 0 saturated heterocycles. The highest BCUT2D eigenvalue weighted by molar-refractivity contribution is 7.11. The fourth-order valence-electron chi connectivity index (χ4n) is 3.34. The van der Waals surface area contributed by atoms with Crippen LogP contribution in [0.1, 0.15) is 39.0 Å². The summed E-state index contributed by atoms with van der Waals surface area (Å²) in [5.74, 6) is 1.41. The molecule has 4 heteroatoms. The van der Waals surface area contributed by atoms with Crippen molar-refractivity contribution < 1.29 is 0 Å². The second-order valence-electron chi connectivity index (χ2n) is 5.84. The van der Waals surface area contributed by atoms with E-state index >= 15 is 0 Å². The van der Waals surface area contributed by atoms with Gasteiger partial charge in [0.15, 0.2) is 0 Å². The van der Waals surface area contributed by atoms with Gasteiger partial charge in [-0.15, -0.1) is 0 Å². The summed E-state index contributed by atoms with van der Waals surface area (Å²) in [5.41, 5.74) is 8.32. The van der Waals surface area contributed by atoms with Crippen LogP contribution >= 0.6 is 11.5 Å². The van der Waals surface area contributed by atoms with E-state index in [1.54, 1.807) is 0 Å². The Morgan fingerprint density at radius 2 is 2.00 bits per heavy atom. The lowest BCUT2D eigenvalue weighted by Gasteiger charge is -2.32. The fourth-order valence-corrected chi connectivity index (χ4v) is 4.14. The van der Waals surface area contributed by atoms with E-state index in [2.05, 4.69) is 28.7 Å². The molecule has 1 aromatic carbocycles. The minimum atomic E-state index is 0.561. The molecule has 2 aromatic rings. The maximum absolute atomic E-state index is 6.10. The van der Waals surface area contributed by atoms with Gasteiger partial charge in [0.05, 0.1) is 5.56 Å². The summed E-state index contributed by atoms with van der Waals surface area (Å²) in [6.45, 7) is 2.30. The number of hydrogen-bond acceptors (Lipinski definition) is 4. The minimum Gasteiger partial charge on any atom is -0.382 e. The first-order chi connectivity index (χ1) is 10.3. The van der Waals surface area contributed by atoms with Crippen molar-refractivity contribution in [3.63, 3.8) is 0 Å². The number of nitrogens with two attached hydrogens (primary N) is 1. The second kappa shape index (κ2) is 6.48. The number of nitrogen functional groups attached to an aromatic ring is 1. The molecule has 2 unspecified atom stereocenters. The number of nitrogens with zero attached hydrogens (tertiary/aromatic N) is 1. The number of aromatic nitrogens is 1. The van der Waals surface area contributed by atoms with Gasteiger partial charge in [0, 0.05) is 6.04 Å². The Bertz CT molecular complexity index is 579. The van der Waals surface area contributed by atoms with Crippen molar-refractivity contribution in [2.75, 3.05) is 11.1 Å². The Morgan fingerprint density at radius 3 is 2.76 bits per heavy atom. The van der Waals surface area contributed by atoms with Crippen LogP contribution in [0.15, 0.2) is 30.3 Å². The van der Waals surface area contributed by atoms with E-state index in [1.165, 1.54) is 43.6 Å². The van der Waals surface area contributed by atoms with Crippen molar-refractivity contribution in [1.29, 1.82) is 0 Å². The van der Waals surface area contributed by atoms with Crippen molar-refractivity contribution in [2.24, 2.45) is 5.92 Å². The number of nitrogens with one attached hydrogen (secondary N) is 1. The lowest BCUT2D eigenvalue weighted by Crippen LogP contribution is -2.31. The lowest BCUT2D eigenvalue weighted by atomic mass is 9.83. The zero-order chi connectivity index (χ0) is 14.7. The van der Waals surface area contributed by atoms with Crippen LogP contribution in [0.3, 0.4) is 0 Å². The Labute approximate surface area is 130 Å². The molecule has 0 spiro atoms. The van der Waals surface area contributed by atoms with Crippen LogP contribution in [0.2, 0.25) is 0 Å². The molecule has 2 atom stereocenters. The highest BCUT2D eigenvalue weighted by Crippen LogP contribution is 2.39. The SMILES string of the molecule is CCC1CCCCC1Nc1snc(N)c1-c1ccccc1. The normalized spacial score (nSPS) is 22.1. The van der Waals surface area contributed by atoms with Crippen LogP contribution in [0.25, 0.3) is 11.1 Å². The molecule has 21 heavy (non-hydrogen) atoms. The van der Waals surface area contributed by atoms with Gasteiger partial charge in [0.1, 0.15) is 10.8 Å². The van der Waals surface area contributed by atoms with Gasteiger partial charge < -0.3 is 11.1 Å². The van der Waals surface area contributed by atoms with Crippen molar-refractivity contribution in [2.45, 2.75) is 45.1 Å². The molecule has 0 bridgehead atoms. The molecule has 0 radical (unpaired) electrons. The van der Waals surface area contributed by atoms with E-state index in [4.69, 9.17) is 5.73 Å². The minimum absolute atomic E-state index is 0.561. The van der Waals surface area contributed by atoms with Gasteiger partial charge in [0.25, 0.3) is 0 Å². The summed E-state index contributed by atoms with van der Waals surface area (Å²) in [6.07, 6.45) is 6.52. The van der Waals surface area contributed by atoms with Gasteiger partial charge in [-0.3, -0.25) is 0 Å². The number of rotatable bonds is 4. The Morgan fingerprint density at radius 1 is 1.24 bits per heavy atom. The van der Waals surface area contributed by atoms with E-state index in [0.29, 0.717) is 11.9 Å². The highest BCUT2D eigenvalue weighted by atomic mass is 32.1. The first kappa shape index (κ1) is 14.4. The van der Waals surface area contributed by atoms with Gasteiger partial charge in [-0.2, -0.15) is 4.37 Å². The average molecular weight is 301 g/mol. The van der Waals surface area contributed by atoms with E-state index < -0.39 is 0 Å². The number of anilines is 2. The Hall–Kier alpha value is -1.55. The number of benzene rings is 1. The van der Waals surface area contributed by atoms with E-state index in [9.17, 15) is 0 Å². The summed E-state index contributed by atoms with van der Waals surface area (Å²) in [4.78, 5) is 0. The van der Waals surface area contributed by atoms with Gasteiger partial charge in [-0.25, -0.2) is 0 Å². The maximum atomic E-state index is 6.10. The first-order valence-electron chi connectivity index (χ1n) is 7.86. The zero-order valence-corrected chi connectivity index (χ0v) is 13.3. The Kier molecular flexibility index (Phi) is 4.44. The van der Waals surface area contributed by atoms with Gasteiger partial charge >= 0.3 is 0 Å². The third kappa shape index (κ3) is 3.05. The molecule has 1 fully saturated rings. The van der Waals surface area contributed by atoms with E-state index in [1.807, 2.05) is 18.2 Å². The van der Waals surface area contributed by atoms with Crippen molar-refractivity contribution in [1.82, 2.24) is 4.37 Å². The molecule has 1 aliphatic carbocycles. The largest absolute Gasteiger partial charge is 0.382 e. The molecular formula is C17H23N3S. The Balaban J connectivity index is 1.86. The van der Waals surface area contributed by atoms with Crippen LogP contribution < -0.4 is 11.1 Å². The first-order valence-corrected chi connectivity index (χ1v) is 8.64. The third-order valence-corrected chi connectivity index (χ3v) is 5.32. The lowest BCUT2D eigenvalue weighted by molar-refractivity contribution is 0.318. The molecule has 0 amide bonds. The molecule has 1 aliphatic rings. The number of hydrogen-bond donors (Lipinski definition) is 2. The molecule has 112 valence electrons. The summed E-state index contributed by atoms with van der Waals surface area (Å²) < 4.78 is 4.37. The molecular weight excluding hydrogens is 278 g/mol. The molecule has 3 nitrogen and oxygen atoms in total. The van der Waals surface area contributed by atoms with Crippen LogP contribution in [0, 0.1) is 5.92 Å². The van der Waals surface area contributed by atoms with Crippen LogP contribution in [0.4, 0.5) is 10.8 Å². The summed E-state index contributed by atoms with van der Waals surface area (Å²) in [7, 11) is 0. The van der Waals surface area contributed by atoms with Crippen LogP contribution in [-0.2, 0) is 0 Å². The van der Waals surface area contributed by atoms with Crippen molar-refractivity contribution in [3.8, 4) is 11.1 Å². The molecule has 3 rings (SSSR count). The maximum Gasteiger partial charge on any atom is 0.147 e. The summed E-state index contributed by atoms with van der Waals surface area (Å²) in [5, 5.41) is 4.87. The van der Waals surface area contributed by atoms with Crippen LogP contribution in [-0.4, -0.2) is 10.4 Å². The standard InChI is InChI=1S/C17H23N3S/c1-2-12-8-6-7-11-14(12)19-17-15(16(18)20-21-17)13-9-4-3-5-10-13/h3-5,9-10,12,14,19H,2,6-8,11H2,1H3,(H2,18,20). The third-order valence-electron chi connectivity index (χ3n) is 4.53. The van der Waals surface area contributed by atoms with E-state index in [-0.39, 0.29) is 0 Å². The summed E-state index contributed by atoms with van der Waals surface area (Å²) in [6, 6.07) is 10.9. The quantitative estimate of drug-likeness (QED) is 0.855. The van der Waals surface area contributed by atoms with Crippen LogP contribution in [0.5, 0.6) is 0 Å². The van der Waals surface area contributed by atoms with Gasteiger partial charge in [-0.1, -0.05) is 56.5 Å². The smallest absolute Gasteiger partial charge is 0.147 e. The molecule has 1 heterocycles. The highest BCUT2D eigenvalue weighted by Gasteiger charge is 2.25. The predicted molar refractivity (Wildman–Crippen MR) is 91.6 cm³/mol. The monoisotopic (exact) mass is 301 g/mol. The van der Waals surface area contributed by atoms with Crippen molar-refractivity contribution >= 4 is 22.4 Å². The van der Waals surface area contributed by atoms with Crippen molar-refractivity contribution in [3.05, 3.63) is 30.3 Å². The van der Waals surface area contributed by atoms with Gasteiger partial charge in [0.2, 0.25) is 0 Å². The molecule has 1 aromatic heterocycles. The molecule has 1 saturated carbocycles. The summed E-state index contributed by atoms with van der Waals surface area (Å²) >= 11 is 1.49. The predicted octanol–water partition coefficient (Wildman–Crippen LogP) is 4.77. The average Bonchev–Trinajstić information content (AvgIpc) is 2.89. The zero-order valence-electron chi connectivity index (χ0n) is 12.5.